The van der Waals surface area contributed by atoms with Gasteiger partial charge in [-0.3, -0.25) is 0 Å². The van der Waals surface area contributed by atoms with Crippen LogP contribution in [0.3, 0.4) is 0 Å². The molecule has 0 heterocycles. The molecule has 0 fully saturated rings. The molecular formula is C34H31N. The summed E-state index contributed by atoms with van der Waals surface area (Å²) >= 11 is 0. The second kappa shape index (κ2) is 10.8. The zero-order valence-electron chi connectivity index (χ0n) is 20.8. The Morgan fingerprint density at radius 1 is 0.629 bits per heavy atom. The van der Waals surface area contributed by atoms with Crippen LogP contribution in [0.25, 0.3) is 22.9 Å². The van der Waals surface area contributed by atoms with E-state index in [1.165, 1.54) is 11.1 Å². The fourth-order valence-corrected chi connectivity index (χ4v) is 3.99. The normalized spacial score (nSPS) is 12.1. The molecule has 0 spiro atoms. The summed E-state index contributed by atoms with van der Waals surface area (Å²) in [6.07, 6.45) is 1.85. The smallest absolute Gasteiger partial charge is 0.0781 e. The highest BCUT2D eigenvalue weighted by molar-refractivity contribution is 6.32. The molecule has 1 heteroatoms. The van der Waals surface area contributed by atoms with Gasteiger partial charge in [0, 0.05) is 16.7 Å². The molecule has 0 atom stereocenters. The van der Waals surface area contributed by atoms with E-state index in [2.05, 4.69) is 131 Å². The van der Waals surface area contributed by atoms with Crippen molar-refractivity contribution in [1.29, 1.82) is 0 Å². The third-order valence-corrected chi connectivity index (χ3v) is 6.22. The molecule has 172 valence electrons. The van der Waals surface area contributed by atoms with Gasteiger partial charge < -0.3 is 0 Å². The molecule has 1 nitrogen and oxygen atoms in total. The number of hydrogen-bond acceptors (Lipinski definition) is 1. The van der Waals surface area contributed by atoms with Crippen molar-refractivity contribution in [2.75, 3.05) is 0 Å². The number of hydrogen-bond donors (Lipinski definition) is 0. The van der Waals surface area contributed by atoms with E-state index in [1.54, 1.807) is 0 Å². The standard InChI is InChI=1S/C34H31N/c1-6-28-16-22-30(23-17-28)27(5)34(32-20-14-25(3)15-21-32)35-33(31-10-8-7-9-11-31)26(4)29-18-12-24(2)13-19-29/h6-23H,1,5H2,2-4H3/b33-26+,35-34?. The van der Waals surface area contributed by atoms with Crippen LogP contribution < -0.4 is 0 Å². The number of nitrogens with zero attached hydrogens (tertiary/aromatic N) is 1. The summed E-state index contributed by atoms with van der Waals surface area (Å²) in [6.45, 7) is 14.7. The van der Waals surface area contributed by atoms with Crippen LogP contribution in [-0.4, -0.2) is 5.71 Å². The van der Waals surface area contributed by atoms with Crippen LogP contribution in [0.5, 0.6) is 0 Å². The molecule has 0 aliphatic heterocycles. The average molecular weight is 454 g/mol. The molecule has 0 bridgehead atoms. The highest BCUT2D eigenvalue weighted by Crippen LogP contribution is 2.30. The van der Waals surface area contributed by atoms with Gasteiger partial charge in [-0.2, -0.15) is 0 Å². The van der Waals surface area contributed by atoms with E-state index in [0.29, 0.717) is 0 Å². The van der Waals surface area contributed by atoms with Crippen molar-refractivity contribution in [1.82, 2.24) is 0 Å². The Labute approximate surface area is 209 Å². The van der Waals surface area contributed by atoms with Gasteiger partial charge in [-0.1, -0.05) is 133 Å². The summed E-state index contributed by atoms with van der Waals surface area (Å²) < 4.78 is 0. The molecule has 0 amide bonds. The molecule has 0 N–H and O–H groups in total. The van der Waals surface area contributed by atoms with Crippen LogP contribution in [-0.2, 0) is 0 Å². The van der Waals surface area contributed by atoms with Gasteiger partial charge >= 0.3 is 0 Å². The molecule has 0 aliphatic carbocycles. The second-order valence-corrected chi connectivity index (χ2v) is 8.84. The molecule has 0 aliphatic rings. The zero-order chi connectivity index (χ0) is 24.8. The largest absolute Gasteiger partial charge is 0.247 e. The number of aliphatic imine (C=N–C) groups is 1. The monoisotopic (exact) mass is 453 g/mol. The van der Waals surface area contributed by atoms with E-state index >= 15 is 0 Å². The van der Waals surface area contributed by atoms with Crippen molar-refractivity contribution < 1.29 is 0 Å². The Morgan fingerprint density at radius 2 is 1.14 bits per heavy atom. The molecule has 0 radical (unpaired) electrons. The molecule has 0 saturated carbocycles. The Hall–Kier alpha value is -4.23. The van der Waals surface area contributed by atoms with Crippen molar-refractivity contribution in [3.8, 4) is 0 Å². The minimum absolute atomic E-state index is 0.863. The third-order valence-electron chi connectivity index (χ3n) is 6.22. The third kappa shape index (κ3) is 5.65. The Bertz CT molecular complexity index is 1380. The minimum atomic E-state index is 0.863. The number of rotatable bonds is 7. The Balaban J connectivity index is 1.94. The molecule has 35 heavy (non-hydrogen) atoms. The topological polar surface area (TPSA) is 12.4 Å². The van der Waals surface area contributed by atoms with E-state index in [1.807, 2.05) is 12.1 Å². The molecule has 4 aromatic rings. The lowest BCUT2D eigenvalue weighted by Gasteiger charge is -2.16. The van der Waals surface area contributed by atoms with Crippen LogP contribution in [0.15, 0.2) is 121 Å². The SMILES string of the molecule is C=Cc1ccc(C(=C)C(=N/C(=C(\C)c2ccc(C)cc2)c2ccccc2)c2ccc(C)cc2)cc1. The highest BCUT2D eigenvalue weighted by Gasteiger charge is 2.15. The fourth-order valence-electron chi connectivity index (χ4n) is 3.99. The van der Waals surface area contributed by atoms with E-state index in [-0.39, 0.29) is 0 Å². The van der Waals surface area contributed by atoms with Gasteiger partial charge in [0.2, 0.25) is 0 Å². The summed E-state index contributed by atoms with van der Waals surface area (Å²) in [5.74, 6) is 0. The Kier molecular flexibility index (Phi) is 7.38. The molecule has 4 rings (SSSR count). The Morgan fingerprint density at radius 3 is 1.69 bits per heavy atom. The lowest BCUT2D eigenvalue weighted by Crippen LogP contribution is -2.05. The van der Waals surface area contributed by atoms with Crippen molar-refractivity contribution in [2.45, 2.75) is 20.8 Å². The van der Waals surface area contributed by atoms with Gasteiger partial charge in [-0.05, 0) is 43.0 Å². The first kappa shape index (κ1) is 23.9. The first-order chi connectivity index (χ1) is 17.0. The number of aryl methyl sites for hydroxylation is 2. The van der Waals surface area contributed by atoms with Crippen LogP contribution in [0.1, 0.15) is 45.9 Å². The second-order valence-electron chi connectivity index (χ2n) is 8.84. The van der Waals surface area contributed by atoms with Gasteiger partial charge in [-0.15, -0.1) is 0 Å². The van der Waals surface area contributed by atoms with Gasteiger partial charge in [0.05, 0.1) is 11.4 Å². The predicted molar refractivity (Wildman–Crippen MR) is 153 cm³/mol. The number of allylic oxidation sites excluding steroid dienone is 2. The quantitative estimate of drug-likeness (QED) is 0.195. The predicted octanol–water partition coefficient (Wildman–Crippen LogP) is 9.04. The minimum Gasteiger partial charge on any atom is -0.247 e. The fraction of sp³-hybridized carbons (Fsp3) is 0.0882. The van der Waals surface area contributed by atoms with E-state index in [9.17, 15) is 0 Å². The molecular weight excluding hydrogens is 422 g/mol. The summed E-state index contributed by atoms with van der Waals surface area (Å²) in [7, 11) is 0. The van der Waals surface area contributed by atoms with Crippen LogP contribution >= 0.6 is 0 Å². The highest BCUT2D eigenvalue weighted by atomic mass is 14.8. The van der Waals surface area contributed by atoms with Crippen molar-refractivity contribution in [2.24, 2.45) is 4.99 Å². The van der Waals surface area contributed by atoms with Gasteiger partial charge in [-0.25, -0.2) is 4.99 Å². The first-order valence-electron chi connectivity index (χ1n) is 11.9. The average Bonchev–Trinajstić information content (AvgIpc) is 2.90. The van der Waals surface area contributed by atoms with Crippen LogP contribution in [0.2, 0.25) is 0 Å². The van der Waals surface area contributed by atoms with E-state index in [0.717, 1.165) is 50.4 Å². The molecule has 0 saturated heterocycles. The van der Waals surface area contributed by atoms with Crippen LogP contribution in [0.4, 0.5) is 0 Å². The maximum Gasteiger partial charge on any atom is 0.0781 e. The van der Waals surface area contributed by atoms with E-state index in [4.69, 9.17) is 4.99 Å². The van der Waals surface area contributed by atoms with Gasteiger partial charge in [0.1, 0.15) is 0 Å². The van der Waals surface area contributed by atoms with Crippen molar-refractivity contribution >= 4 is 28.6 Å². The maximum absolute atomic E-state index is 5.34. The molecule has 0 aromatic heterocycles. The van der Waals surface area contributed by atoms with Gasteiger partial charge in [0.15, 0.2) is 0 Å². The lowest BCUT2D eigenvalue weighted by atomic mass is 9.94. The molecule has 4 aromatic carbocycles. The molecule has 0 unspecified atom stereocenters. The summed E-state index contributed by atoms with van der Waals surface area (Å²) in [6, 6.07) is 35.8. The zero-order valence-corrected chi connectivity index (χ0v) is 20.8. The summed E-state index contributed by atoms with van der Waals surface area (Å²) in [4.78, 5) is 5.34. The van der Waals surface area contributed by atoms with Gasteiger partial charge in [0.25, 0.3) is 0 Å². The maximum atomic E-state index is 5.34. The van der Waals surface area contributed by atoms with Crippen molar-refractivity contribution in [3.05, 3.63) is 155 Å². The number of benzene rings is 4. The van der Waals surface area contributed by atoms with Crippen molar-refractivity contribution in [3.63, 3.8) is 0 Å². The van der Waals surface area contributed by atoms with E-state index < -0.39 is 0 Å². The first-order valence-corrected chi connectivity index (χ1v) is 11.9. The lowest BCUT2D eigenvalue weighted by molar-refractivity contribution is 1.42. The summed E-state index contributed by atoms with van der Waals surface area (Å²) in [5.41, 5.74) is 11.6. The summed E-state index contributed by atoms with van der Waals surface area (Å²) in [5, 5.41) is 0. The van der Waals surface area contributed by atoms with Crippen LogP contribution in [0, 0.1) is 13.8 Å².